The number of carbonyl (C=O) groups excluding carboxylic acids is 2. The molecule has 0 saturated heterocycles. The van der Waals surface area contributed by atoms with Crippen molar-refractivity contribution in [1.82, 2.24) is 20.6 Å². The number of likely N-dealkylation sites (N-methyl/N-ethyl adjacent to an activating group) is 1. The summed E-state index contributed by atoms with van der Waals surface area (Å²) in [4.78, 5) is 34.9. The minimum atomic E-state index is -0.634. The van der Waals surface area contributed by atoms with Crippen molar-refractivity contribution in [2.75, 3.05) is 25.0 Å². The van der Waals surface area contributed by atoms with Gasteiger partial charge in [0.25, 0.3) is 5.91 Å². The van der Waals surface area contributed by atoms with E-state index in [1.54, 1.807) is 0 Å². The molecule has 1 aromatic heterocycles. The fourth-order valence-corrected chi connectivity index (χ4v) is 2.46. The fraction of sp³-hybridized carbons (Fsp3) is 0.625. The van der Waals surface area contributed by atoms with Crippen molar-refractivity contribution in [3.63, 3.8) is 0 Å². The molecule has 1 aromatic rings. The average molecular weight is 356 g/mol. The summed E-state index contributed by atoms with van der Waals surface area (Å²) in [5.41, 5.74) is 0.0752. The van der Waals surface area contributed by atoms with Crippen molar-refractivity contribution in [3.8, 4) is 0 Å². The highest BCUT2D eigenvalue weighted by Crippen LogP contribution is 2.17. The number of hydrogen-bond donors (Lipinski definition) is 2. The lowest BCUT2D eigenvalue weighted by molar-refractivity contribution is -0.122. The Morgan fingerprint density at radius 2 is 1.92 bits per heavy atom. The third-order valence-electron chi connectivity index (χ3n) is 3.57. The van der Waals surface area contributed by atoms with Gasteiger partial charge in [-0.25, -0.2) is 9.97 Å². The molecule has 0 bridgehead atoms. The van der Waals surface area contributed by atoms with Gasteiger partial charge in [-0.05, 0) is 26.2 Å². The lowest BCUT2D eigenvalue weighted by Gasteiger charge is -2.21. The second kappa shape index (κ2) is 9.42. The molecule has 2 N–H and O–H groups in total. The predicted molar refractivity (Wildman–Crippen MR) is 95.4 cm³/mol. The van der Waals surface area contributed by atoms with E-state index in [0.29, 0.717) is 25.5 Å². The first kappa shape index (κ1) is 20.2. The van der Waals surface area contributed by atoms with Crippen LogP contribution in [0.4, 0.5) is 5.95 Å². The summed E-state index contributed by atoms with van der Waals surface area (Å²) in [5.74, 6) is -0.0362. The molecule has 24 heavy (non-hydrogen) atoms. The molecule has 0 aliphatic heterocycles. The summed E-state index contributed by atoms with van der Waals surface area (Å²) in [7, 11) is 1.54. The van der Waals surface area contributed by atoms with E-state index in [2.05, 4.69) is 20.6 Å². The molecule has 1 atom stereocenters. The zero-order chi connectivity index (χ0) is 18.3. The van der Waals surface area contributed by atoms with Crippen LogP contribution in [-0.4, -0.2) is 48.0 Å². The molecule has 0 aromatic carbocycles. The maximum atomic E-state index is 12.5. The minimum Gasteiger partial charge on any atom is -0.357 e. The maximum absolute atomic E-state index is 12.5. The van der Waals surface area contributed by atoms with Crippen LogP contribution in [0.1, 0.15) is 44.6 Å². The van der Waals surface area contributed by atoms with Crippen molar-refractivity contribution in [1.29, 1.82) is 0 Å². The van der Waals surface area contributed by atoms with Gasteiger partial charge in [0, 0.05) is 20.1 Å². The van der Waals surface area contributed by atoms with Crippen molar-refractivity contribution in [2.24, 2.45) is 5.92 Å². The number of amides is 2. The van der Waals surface area contributed by atoms with Crippen LogP contribution in [0.3, 0.4) is 0 Å². The van der Waals surface area contributed by atoms with Crippen LogP contribution in [-0.2, 0) is 4.79 Å². The molecule has 2 amide bonds. The Balaban J connectivity index is 3.04. The van der Waals surface area contributed by atoms with Gasteiger partial charge in [-0.2, -0.15) is 0 Å². The fourth-order valence-electron chi connectivity index (χ4n) is 2.28. The number of halogens is 1. The standard InChI is InChI=1S/C16H26ClN5O2/c1-6-22(7-2)16-19-9-11(17)13(21-16)15(24)20-12(8-10(3)4)14(23)18-5/h9-10,12H,6-8H2,1-5H3,(H,18,23)(H,20,24). The van der Waals surface area contributed by atoms with Gasteiger partial charge in [0.1, 0.15) is 6.04 Å². The largest absolute Gasteiger partial charge is 0.357 e. The van der Waals surface area contributed by atoms with Crippen LogP contribution in [0, 0.1) is 5.92 Å². The topological polar surface area (TPSA) is 87.2 Å². The number of nitrogens with one attached hydrogen (secondary N) is 2. The zero-order valence-corrected chi connectivity index (χ0v) is 15.6. The van der Waals surface area contributed by atoms with E-state index >= 15 is 0 Å². The Kier molecular flexibility index (Phi) is 7.91. The molecule has 0 radical (unpaired) electrons. The highest BCUT2D eigenvalue weighted by atomic mass is 35.5. The first-order valence-electron chi connectivity index (χ1n) is 8.13. The Bertz CT molecular complexity index is 576. The molecule has 0 spiro atoms. The molecule has 134 valence electrons. The first-order valence-corrected chi connectivity index (χ1v) is 8.51. The summed E-state index contributed by atoms with van der Waals surface area (Å²) >= 11 is 6.08. The third-order valence-corrected chi connectivity index (χ3v) is 3.84. The van der Waals surface area contributed by atoms with E-state index in [1.165, 1.54) is 13.2 Å². The van der Waals surface area contributed by atoms with Crippen LogP contribution in [0.25, 0.3) is 0 Å². The lowest BCUT2D eigenvalue weighted by atomic mass is 10.0. The van der Waals surface area contributed by atoms with Crippen molar-refractivity contribution >= 4 is 29.4 Å². The van der Waals surface area contributed by atoms with Crippen LogP contribution in [0.15, 0.2) is 6.20 Å². The predicted octanol–water partition coefficient (Wildman–Crippen LogP) is 1.87. The number of rotatable bonds is 8. The zero-order valence-electron chi connectivity index (χ0n) is 14.9. The lowest BCUT2D eigenvalue weighted by Crippen LogP contribution is -2.46. The highest BCUT2D eigenvalue weighted by Gasteiger charge is 2.24. The van der Waals surface area contributed by atoms with Gasteiger partial charge in [0.2, 0.25) is 11.9 Å². The molecule has 0 aliphatic carbocycles. The molecular weight excluding hydrogens is 330 g/mol. The molecule has 1 unspecified atom stereocenters. The molecule has 1 heterocycles. The summed E-state index contributed by atoms with van der Waals surface area (Å²) < 4.78 is 0. The van der Waals surface area contributed by atoms with Crippen molar-refractivity contribution < 1.29 is 9.59 Å². The van der Waals surface area contributed by atoms with E-state index < -0.39 is 11.9 Å². The number of carbonyl (C=O) groups is 2. The number of aromatic nitrogens is 2. The van der Waals surface area contributed by atoms with E-state index in [9.17, 15) is 9.59 Å². The molecule has 0 saturated carbocycles. The third kappa shape index (κ3) is 5.33. The van der Waals surface area contributed by atoms with E-state index in [4.69, 9.17) is 11.6 Å². The van der Waals surface area contributed by atoms with Gasteiger partial charge in [-0.1, -0.05) is 25.4 Å². The molecule has 7 nitrogen and oxygen atoms in total. The number of hydrogen-bond acceptors (Lipinski definition) is 5. The van der Waals surface area contributed by atoms with Crippen molar-refractivity contribution in [3.05, 3.63) is 16.9 Å². The first-order chi connectivity index (χ1) is 11.3. The van der Waals surface area contributed by atoms with Gasteiger partial charge in [0.15, 0.2) is 5.69 Å². The van der Waals surface area contributed by atoms with E-state index in [-0.39, 0.29) is 22.5 Å². The molecule has 1 rings (SSSR count). The van der Waals surface area contributed by atoms with Gasteiger partial charge in [0.05, 0.1) is 11.2 Å². The Hall–Kier alpha value is -1.89. The van der Waals surface area contributed by atoms with Gasteiger partial charge < -0.3 is 15.5 Å². The Labute approximate surface area is 148 Å². The summed E-state index contributed by atoms with van der Waals surface area (Å²) in [6, 6.07) is -0.634. The van der Waals surface area contributed by atoms with Gasteiger partial charge >= 0.3 is 0 Å². The smallest absolute Gasteiger partial charge is 0.272 e. The van der Waals surface area contributed by atoms with Crippen LogP contribution >= 0.6 is 11.6 Å². The molecule has 0 fully saturated rings. The van der Waals surface area contributed by atoms with E-state index in [0.717, 1.165) is 0 Å². The second-order valence-corrected chi connectivity index (χ2v) is 6.22. The Morgan fingerprint density at radius 3 is 2.42 bits per heavy atom. The number of nitrogens with zero attached hydrogens (tertiary/aromatic N) is 3. The maximum Gasteiger partial charge on any atom is 0.272 e. The Morgan fingerprint density at radius 1 is 1.29 bits per heavy atom. The summed E-state index contributed by atoms with van der Waals surface area (Å²) in [6.45, 7) is 9.36. The van der Waals surface area contributed by atoms with Gasteiger partial charge in [-0.15, -0.1) is 0 Å². The average Bonchev–Trinajstić information content (AvgIpc) is 2.55. The molecule has 0 aliphatic rings. The second-order valence-electron chi connectivity index (χ2n) is 5.81. The summed E-state index contributed by atoms with van der Waals surface area (Å²) in [5, 5.41) is 5.43. The van der Waals surface area contributed by atoms with Crippen LogP contribution in [0.2, 0.25) is 5.02 Å². The molecule has 8 heteroatoms. The monoisotopic (exact) mass is 355 g/mol. The van der Waals surface area contributed by atoms with Gasteiger partial charge in [-0.3, -0.25) is 9.59 Å². The molecular formula is C16H26ClN5O2. The minimum absolute atomic E-state index is 0.0752. The van der Waals surface area contributed by atoms with E-state index in [1.807, 2.05) is 32.6 Å². The highest BCUT2D eigenvalue weighted by molar-refractivity contribution is 6.33. The van der Waals surface area contributed by atoms with Crippen LogP contribution in [0.5, 0.6) is 0 Å². The van der Waals surface area contributed by atoms with Crippen LogP contribution < -0.4 is 15.5 Å². The number of anilines is 1. The quantitative estimate of drug-likeness (QED) is 0.743. The normalized spacial score (nSPS) is 12.0. The summed E-state index contributed by atoms with van der Waals surface area (Å²) in [6.07, 6.45) is 1.94. The van der Waals surface area contributed by atoms with Crippen molar-refractivity contribution in [2.45, 2.75) is 40.2 Å². The SMILES string of the molecule is CCN(CC)c1ncc(Cl)c(C(=O)NC(CC(C)C)C(=O)NC)n1.